The van der Waals surface area contributed by atoms with Crippen molar-refractivity contribution in [3.05, 3.63) is 45.7 Å². The van der Waals surface area contributed by atoms with Gasteiger partial charge in [0.15, 0.2) is 5.43 Å². The second kappa shape index (κ2) is 5.65. The molecule has 1 amide bonds. The Bertz CT molecular complexity index is 846. The van der Waals surface area contributed by atoms with E-state index in [1.54, 1.807) is 4.90 Å². The average Bonchev–Trinajstić information content (AvgIpc) is 2.86. The average molecular weight is 328 g/mol. The van der Waals surface area contributed by atoms with Crippen LogP contribution in [-0.4, -0.2) is 21.6 Å². The van der Waals surface area contributed by atoms with Gasteiger partial charge in [-0.25, -0.2) is 4.79 Å². The van der Waals surface area contributed by atoms with Crippen LogP contribution in [0.1, 0.15) is 51.9 Å². The topological polar surface area (TPSA) is 62.4 Å². The standard InChI is InChI=1S/C19H24N2O3/c1-11(2)16-15-13(10-21(16)18(23)24-19(3,4)5)17(22)12-8-6-7-9-14(12)20-15/h6-9,11,16H,10H2,1-5H3,(H,20,22)/t16-/m0/s1. The van der Waals surface area contributed by atoms with Crippen molar-refractivity contribution in [1.29, 1.82) is 0 Å². The van der Waals surface area contributed by atoms with Gasteiger partial charge in [0.05, 0.1) is 12.6 Å². The molecular weight excluding hydrogens is 304 g/mol. The summed E-state index contributed by atoms with van der Waals surface area (Å²) in [5.74, 6) is 0.163. The lowest BCUT2D eigenvalue weighted by atomic mass is 9.99. The van der Waals surface area contributed by atoms with Crippen LogP contribution in [0.2, 0.25) is 0 Å². The Balaban J connectivity index is 2.10. The summed E-state index contributed by atoms with van der Waals surface area (Å²) in [5.41, 5.74) is 1.73. The van der Waals surface area contributed by atoms with Gasteiger partial charge in [0, 0.05) is 22.2 Å². The van der Waals surface area contributed by atoms with Gasteiger partial charge in [0.25, 0.3) is 0 Å². The molecule has 2 heterocycles. The fraction of sp³-hybridized carbons (Fsp3) is 0.474. The number of benzene rings is 1. The van der Waals surface area contributed by atoms with Crippen molar-refractivity contribution in [2.24, 2.45) is 5.92 Å². The first-order valence-corrected chi connectivity index (χ1v) is 8.32. The number of pyridine rings is 1. The summed E-state index contributed by atoms with van der Waals surface area (Å²) in [7, 11) is 0. The van der Waals surface area contributed by atoms with Crippen molar-refractivity contribution in [2.45, 2.75) is 52.8 Å². The molecule has 1 aromatic carbocycles. The quantitative estimate of drug-likeness (QED) is 0.861. The van der Waals surface area contributed by atoms with Crippen LogP contribution in [0.5, 0.6) is 0 Å². The molecule has 1 atom stereocenters. The van der Waals surface area contributed by atoms with E-state index >= 15 is 0 Å². The van der Waals surface area contributed by atoms with E-state index < -0.39 is 5.60 Å². The minimum Gasteiger partial charge on any atom is -0.444 e. The zero-order valence-corrected chi connectivity index (χ0v) is 14.8. The maximum absolute atomic E-state index is 12.8. The fourth-order valence-corrected chi connectivity index (χ4v) is 3.32. The molecule has 24 heavy (non-hydrogen) atoms. The number of hydrogen-bond acceptors (Lipinski definition) is 3. The Morgan fingerprint density at radius 1 is 1.29 bits per heavy atom. The second-order valence-electron chi connectivity index (χ2n) is 7.69. The zero-order valence-electron chi connectivity index (χ0n) is 14.8. The number of nitrogens with one attached hydrogen (secondary N) is 1. The first kappa shape index (κ1) is 16.6. The second-order valence-corrected chi connectivity index (χ2v) is 7.69. The van der Waals surface area contributed by atoms with Crippen LogP contribution in [0.15, 0.2) is 29.1 Å². The van der Waals surface area contributed by atoms with E-state index in [1.807, 2.05) is 58.9 Å². The number of carbonyl (C=O) groups excluding carboxylic acids is 1. The third-order valence-corrected chi connectivity index (χ3v) is 4.26. The maximum Gasteiger partial charge on any atom is 0.411 e. The molecule has 0 saturated heterocycles. The summed E-state index contributed by atoms with van der Waals surface area (Å²) >= 11 is 0. The highest BCUT2D eigenvalue weighted by molar-refractivity contribution is 5.80. The SMILES string of the molecule is CC(C)[C@H]1c2[nH]c3ccccc3c(=O)c2CN1C(=O)OC(C)(C)C. The van der Waals surface area contributed by atoms with Crippen molar-refractivity contribution in [3.63, 3.8) is 0 Å². The van der Waals surface area contributed by atoms with Crippen LogP contribution in [0.25, 0.3) is 10.9 Å². The summed E-state index contributed by atoms with van der Waals surface area (Å²) < 4.78 is 5.54. The Morgan fingerprint density at radius 3 is 2.58 bits per heavy atom. The summed E-state index contributed by atoms with van der Waals surface area (Å²) in [4.78, 5) is 30.5. The van der Waals surface area contributed by atoms with E-state index in [4.69, 9.17) is 4.74 Å². The van der Waals surface area contributed by atoms with Crippen molar-refractivity contribution < 1.29 is 9.53 Å². The van der Waals surface area contributed by atoms with E-state index in [1.165, 1.54) is 0 Å². The minimum absolute atomic E-state index is 0.00365. The molecule has 2 aromatic rings. The van der Waals surface area contributed by atoms with Crippen LogP contribution in [0.4, 0.5) is 4.79 Å². The lowest BCUT2D eigenvalue weighted by Crippen LogP contribution is -2.37. The summed E-state index contributed by atoms with van der Waals surface area (Å²) in [5, 5.41) is 0.657. The smallest absolute Gasteiger partial charge is 0.411 e. The maximum atomic E-state index is 12.8. The Labute approximate surface area is 141 Å². The number of amides is 1. The van der Waals surface area contributed by atoms with Crippen molar-refractivity contribution >= 4 is 17.0 Å². The van der Waals surface area contributed by atoms with E-state index in [0.29, 0.717) is 10.9 Å². The van der Waals surface area contributed by atoms with Crippen LogP contribution < -0.4 is 5.43 Å². The van der Waals surface area contributed by atoms with Gasteiger partial charge >= 0.3 is 6.09 Å². The molecule has 1 aliphatic heterocycles. The number of rotatable bonds is 1. The molecule has 0 bridgehead atoms. The van der Waals surface area contributed by atoms with Crippen molar-refractivity contribution in [3.8, 4) is 0 Å². The minimum atomic E-state index is -0.567. The Morgan fingerprint density at radius 2 is 1.96 bits per heavy atom. The predicted molar refractivity (Wildman–Crippen MR) is 93.9 cm³/mol. The Hall–Kier alpha value is -2.30. The first-order chi connectivity index (χ1) is 11.2. The highest BCUT2D eigenvalue weighted by Gasteiger charge is 2.40. The van der Waals surface area contributed by atoms with Gasteiger partial charge in [-0.15, -0.1) is 0 Å². The Kier molecular flexibility index (Phi) is 3.90. The van der Waals surface area contributed by atoms with Gasteiger partial charge in [0.1, 0.15) is 5.60 Å². The van der Waals surface area contributed by atoms with Crippen LogP contribution in [0, 0.1) is 5.92 Å². The van der Waals surface area contributed by atoms with Gasteiger partial charge < -0.3 is 9.72 Å². The molecule has 3 rings (SSSR count). The van der Waals surface area contributed by atoms with Gasteiger partial charge in [-0.1, -0.05) is 26.0 Å². The molecule has 0 saturated carbocycles. The van der Waals surface area contributed by atoms with Crippen molar-refractivity contribution in [2.75, 3.05) is 0 Å². The molecule has 1 aromatic heterocycles. The number of aromatic amines is 1. The monoisotopic (exact) mass is 328 g/mol. The first-order valence-electron chi connectivity index (χ1n) is 8.32. The lowest BCUT2D eigenvalue weighted by molar-refractivity contribution is 0.0124. The van der Waals surface area contributed by atoms with Crippen LogP contribution in [-0.2, 0) is 11.3 Å². The molecule has 0 radical (unpaired) electrons. The van der Waals surface area contributed by atoms with E-state index in [2.05, 4.69) is 4.98 Å². The third-order valence-electron chi connectivity index (χ3n) is 4.26. The van der Waals surface area contributed by atoms with Crippen LogP contribution >= 0.6 is 0 Å². The summed E-state index contributed by atoms with van der Waals surface area (Å²) in [6.07, 6.45) is -0.380. The van der Waals surface area contributed by atoms with Crippen LogP contribution in [0.3, 0.4) is 0 Å². The van der Waals surface area contributed by atoms with E-state index in [0.717, 1.165) is 11.2 Å². The molecule has 0 aliphatic carbocycles. The largest absolute Gasteiger partial charge is 0.444 e. The lowest BCUT2D eigenvalue weighted by Gasteiger charge is -2.30. The van der Waals surface area contributed by atoms with Gasteiger partial charge in [-0.05, 0) is 38.8 Å². The van der Waals surface area contributed by atoms with Gasteiger partial charge in [-0.3, -0.25) is 9.69 Å². The molecule has 5 nitrogen and oxygen atoms in total. The molecule has 0 fully saturated rings. The number of fused-ring (bicyclic) bond motifs is 2. The molecule has 0 spiro atoms. The molecule has 128 valence electrons. The predicted octanol–water partition coefficient (Wildman–Crippen LogP) is 3.98. The number of nitrogens with zero attached hydrogens (tertiary/aromatic N) is 1. The highest BCUT2D eigenvalue weighted by atomic mass is 16.6. The number of ether oxygens (including phenoxy) is 1. The summed E-state index contributed by atoms with van der Waals surface area (Å²) in [6, 6.07) is 7.27. The fourth-order valence-electron chi connectivity index (χ4n) is 3.32. The zero-order chi connectivity index (χ0) is 17.6. The van der Waals surface area contributed by atoms with E-state index in [-0.39, 0.29) is 30.0 Å². The van der Waals surface area contributed by atoms with Gasteiger partial charge in [-0.2, -0.15) is 0 Å². The molecule has 5 heteroatoms. The molecule has 0 unspecified atom stereocenters. The number of hydrogen-bond donors (Lipinski definition) is 1. The summed E-state index contributed by atoms with van der Waals surface area (Å²) in [6.45, 7) is 9.91. The number of aromatic nitrogens is 1. The van der Waals surface area contributed by atoms with Crippen molar-refractivity contribution in [1.82, 2.24) is 9.88 Å². The molecule has 1 aliphatic rings. The molecule has 1 N–H and O–H groups in total. The number of carbonyl (C=O) groups is 1. The van der Waals surface area contributed by atoms with Gasteiger partial charge in [0.2, 0.25) is 0 Å². The third kappa shape index (κ3) is 2.79. The van der Waals surface area contributed by atoms with E-state index in [9.17, 15) is 9.59 Å². The number of H-pyrrole nitrogens is 1. The highest BCUT2D eigenvalue weighted by Crippen LogP contribution is 2.37. The normalized spacial score (nSPS) is 17.4. The number of para-hydroxylation sites is 1. The molecular formula is C19H24N2O3.